The second kappa shape index (κ2) is 10.8. The Hall–Kier alpha value is -6.04. The maximum absolute atomic E-state index is 4.88. The van der Waals surface area contributed by atoms with Gasteiger partial charge in [-0.2, -0.15) is 0 Å². The van der Waals surface area contributed by atoms with Crippen molar-refractivity contribution in [2.45, 2.75) is 55.4 Å². The minimum absolute atomic E-state index is 0.544. The Morgan fingerprint density at radius 1 is 0.271 bits per heavy atom. The fourth-order valence-corrected chi connectivity index (χ4v) is 6.85. The summed E-state index contributed by atoms with van der Waals surface area (Å²) in [4.78, 5) is 57.0. The monoisotopic (exact) mass is 630 g/mol. The van der Waals surface area contributed by atoms with E-state index in [0.717, 1.165) is 54.6 Å². The zero-order valence-corrected chi connectivity index (χ0v) is 27.8. The highest BCUT2D eigenvalue weighted by Crippen LogP contribution is 2.51. The molecule has 0 unspecified atom stereocenters. The zero-order valence-electron chi connectivity index (χ0n) is 27.8. The Morgan fingerprint density at radius 3 is 0.646 bits per heavy atom. The van der Waals surface area contributed by atoms with Gasteiger partial charge < -0.3 is 0 Å². The Bertz CT molecular complexity index is 2180. The van der Waals surface area contributed by atoms with E-state index in [4.69, 9.17) is 39.9 Å². The molecule has 0 fully saturated rings. The molecule has 0 aliphatic carbocycles. The highest BCUT2D eigenvalue weighted by atomic mass is 15.1. The van der Waals surface area contributed by atoms with Crippen LogP contribution in [0.15, 0.2) is 36.4 Å². The smallest absolute Gasteiger partial charge is 0.164 e. The Labute approximate surface area is 275 Å². The highest BCUT2D eigenvalue weighted by molar-refractivity contribution is 6.35. The number of aromatic nitrogens is 12. The Kier molecular flexibility index (Phi) is 6.58. The molecule has 0 aliphatic rings. The largest absolute Gasteiger partial charge is 0.219 e. The minimum Gasteiger partial charge on any atom is -0.219 e. The van der Waals surface area contributed by atoms with E-state index < -0.39 is 0 Å². The number of rotatable bonds is 4. The topological polar surface area (TPSA) is 155 Å². The number of benzene rings is 4. The van der Waals surface area contributed by atoms with E-state index in [1.807, 2.05) is 67.5 Å². The SMILES string of the molecule is Cc1nc(C)nc(-c2c(-c3nc(C)nc(C)n3)c3cccc4c(-c5nc(C)nc(C)n5)c(-c5nc(C)nc(C)n5)c5cccc2c5c34)n1. The van der Waals surface area contributed by atoms with Crippen LogP contribution in [0.2, 0.25) is 0 Å². The standard InChI is InChI=1S/C36H30N12/c1-15-37-16(2)42-33(41-15)29-23-11-9-13-25-27(23)28-24(30(29)34-43-17(3)38-18(4)44-34)12-10-14-26(28)32(36-47-21(7)40-22(8)48-36)31(25)35-45-19(5)39-20(6)46-35/h9-14H,1-8H3. The summed E-state index contributed by atoms with van der Waals surface area (Å²) in [6.45, 7) is 15.0. The van der Waals surface area contributed by atoms with Crippen molar-refractivity contribution in [2.24, 2.45) is 0 Å². The quantitative estimate of drug-likeness (QED) is 0.196. The first-order valence-electron chi connectivity index (χ1n) is 15.6. The van der Waals surface area contributed by atoms with Crippen molar-refractivity contribution in [3.05, 3.63) is 83.0 Å². The molecular weight excluding hydrogens is 600 g/mol. The molecule has 234 valence electrons. The highest BCUT2D eigenvalue weighted by Gasteiger charge is 2.29. The molecule has 8 aromatic rings. The fourth-order valence-electron chi connectivity index (χ4n) is 6.85. The molecule has 0 aliphatic heterocycles. The minimum atomic E-state index is 0.544. The van der Waals surface area contributed by atoms with Gasteiger partial charge in [-0.1, -0.05) is 36.4 Å². The molecular formula is C36H30N12. The molecule has 0 amide bonds. The lowest BCUT2D eigenvalue weighted by Crippen LogP contribution is -2.07. The van der Waals surface area contributed by atoms with Gasteiger partial charge in [-0.3, -0.25) is 0 Å². The van der Waals surface area contributed by atoms with Crippen LogP contribution in [-0.4, -0.2) is 59.8 Å². The van der Waals surface area contributed by atoms with Gasteiger partial charge in [0.05, 0.1) is 0 Å². The normalized spacial score (nSPS) is 11.8. The van der Waals surface area contributed by atoms with Gasteiger partial charge in [0.1, 0.15) is 46.6 Å². The van der Waals surface area contributed by atoms with Crippen molar-refractivity contribution in [1.29, 1.82) is 0 Å². The summed E-state index contributed by atoms with van der Waals surface area (Å²) >= 11 is 0. The molecule has 12 heteroatoms. The van der Waals surface area contributed by atoms with Gasteiger partial charge in [0.15, 0.2) is 23.3 Å². The maximum atomic E-state index is 4.88. The van der Waals surface area contributed by atoms with Gasteiger partial charge in [0, 0.05) is 22.3 Å². The Morgan fingerprint density at radius 2 is 0.458 bits per heavy atom. The number of hydrogen-bond acceptors (Lipinski definition) is 12. The van der Waals surface area contributed by atoms with Crippen molar-refractivity contribution in [3.63, 3.8) is 0 Å². The summed E-state index contributed by atoms with van der Waals surface area (Å²) in [7, 11) is 0. The Balaban J connectivity index is 1.68. The number of hydrogen-bond donors (Lipinski definition) is 0. The van der Waals surface area contributed by atoms with Crippen LogP contribution < -0.4 is 0 Å². The molecule has 4 heterocycles. The molecule has 0 saturated carbocycles. The van der Waals surface area contributed by atoms with E-state index in [2.05, 4.69) is 44.2 Å². The second-order valence-corrected chi connectivity index (χ2v) is 12.0. The molecule has 0 atom stereocenters. The molecule has 0 N–H and O–H groups in total. The van der Waals surface area contributed by atoms with Crippen LogP contribution in [-0.2, 0) is 0 Å². The van der Waals surface area contributed by atoms with Crippen LogP contribution in [0.1, 0.15) is 46.6 Å². The van der Waals surface area contributed by atoms with Crippen LogP contribution in [0.5, 0.6) is 0 Å². The van der Waals surface area contributed by atoms with E-state index in [-0.39, 0.29) is 0 Å². The average molecular weight is 631 g/mol. The van der Waals surface area contributed by atoms with Gasteiger partial charge in [0.2, 0.25) is 0 Å². The lowest BCUT2D eigenvalue weighted by molar-refractivity contribution is 0.921. The van der Waals surface area contributed by atoms with E-state index in [1.54, 1.807) is 0 Å². The van der Waals surface area contributed by atoms with Gasteiger partial charge in [-0.05, 0) is 87.7 Å². The lowest BCUT2D eigenvalue weighted by Gasteiger charge is -2.23. The van der Waals surface area contributed by atoms with Crippen LogP contribution in [0.25, 0.3) is 77.9 Å². The molecule has 0 bridgehead atoms. The summed E-state index contributed by atoms with van der Waals surface area (Å²) in [5, 5.41) is 5.76. The molecule has 0 saturated heterocycles. The first-order valence-corrected chi connectivity index (χ1v) is 15.6. The molecule has 8 rings (SSSR count). The third-order valence-electron chi connectivity index (χ3n) is 8.29. The molecule has 4 aromatic carbocycles. The van der Waals surface area contributed by atoms with Gasteiger partial charge in [-0.25, -0.2) is 59.8 Å². The molecule has 48 heavy (non-hydrogen) atoms. The van der Waals surface area contributed by atoms with Crippen molar-refractivity contribution < 1.29 is 0 Å². The third kappa shape index (κ3) is 4.67. The lowest BCUT2D eigenvalue weighted by atomic mass is 9.82. The molecule has 4 aromatic heterocycles. The fraction of sp³-hybridized carbons (Fsp3) is 0.222. The zero-order chi connectivity index (χ0) is 33.4. The molecule has 0 radical (unpaired) electrons. The predicted octanol–water partition coefficient (Wildman–Crippen LogP) is 6.46. The summed E-state index contributed by atoms with van der Waals surface area (Å²) in [5.41, 5.74) is 3.25. The van der Waals surface area contributed by atoms with Gasteiger partial charge >= 0.3 is 0 Å². The van der Waals surface area contributed by atoms with Crippen LogP contribution in [0.4, 0.5) is 0 Å². The summed E-state index contributed by atoms with van der Waals surface area (Å²) in [6, 6.07) is 12.5. The maximum Gasteiger partial charge on any atom is 0.164 e. The first kappa shape index (κ1) is 29.4. The van der Waals surface area contributed by atoms with Crippen molar-refractivity contribution >= 4 is 32.3 Å². The van der Waals surface area contributed by atoms with Gasteiger partial charge in [-0.15, -0.1) is 0 Å². The van der Waals surface area contributed by atoms with E-state index in [9.17, 15) is 0 Å². The summed E-state index contributed by atoms with van der Waals surface area (Å²) < 4.78 is 0. The van der Waals surface area contributed by atoms with E-state index in [0.29, 0.717) is 69.9 Å². The van der Waals surface area contributed by atoms with Crippen LogP contribution in [0.3, 0.4) is 0 Å². The average Bonchev–Trinajstić information content (AvgIpc) is 3.00. The molecule has 0 spiro atoms. The summed E-state index contributed by atoms with van der Waals surface area (Å²) in [5.74, 6) is 7.15. The van der Waals surface area contributed by atoms with Crippen molar-refractivity contribution in [3.8, 4) is 45.6 Å². The van der Waals surface area contributed by atoms with E-state index in [1.165, 1.54) is 0 Å². The predicted molar refractivity (Wildman–Crippen MR) is 183 cm³/mol. The van der Waals surface area contributed by atoms with Gasteiger partial charge in [0.25, 0.3) is 0 Å². The number of nitrogens with zero attached hydrogens (tertiary/aromatic N) is 12. The van der Waals surface area contributed by atoms with Crippen LogP contribution in [0, 0.1) is 55.4 Å². The number of aryl methyl sites for hydroxylation is 8. The van der Waals surface area contributed by atoms with Crippen molar-refractivity contribution in [2.75, 3.05) is 0 Å². The first-order chi connectivity index (χ1) is 23.0. The summed E-state index contributed by atoms with van der Waals surface area (Å²) in [6.07, 6.45) is 0. The second-order valence-electron chi connectivity index (χ2n) is 12.0. The van der Waals surface area contributed by atoms with E-state index >= 15 is 0 Å². The van der Waals surface area contributed by atoms with Crippen molar-refractivity contribution in [1.82, 2.24) is 59.8 Å². The molecule has 12 nitrogen and oxygen atoms in total. The van der Waals surface area contributed by atoms with Crippen LogP contribution >= 0.6 is 0 Å². The third-order valence-corrected chi connectivity index (χ3v) is 8.29.